The number of halogens is 1. The van der Waals surface area contributed by atoms with Crippen LogP contribution in [0.4, 0.5) is 10.1 Å². The monoisotopic (exact) mass is 268 g/mol. The highest BCUT2D eigenvalue weighted by molar-refractivity contribution is 8.00. The topological polar surface area (TPSA) is 29.3 Å². The largest absolute Gasteiger partial charge is 0.370 e. The second-order valence-corrected chi connectivity index (χ2v) is 6.11. The summed E-state index contributed by atoms with van der Waals surface area (Å²) >= 11 is 2.02. The van der Waals surface area contributed by atoms with Crippen LogP contribution in [0.2, 0.25) is 0 Å². The van der Waals surface area contributed by atoms with E-state index in [-0.39, 0.29) is 5.82 Å². The molecule has 1 heterocycles. The van der Waals surface area contributed by atoms with Crippen LogP contribution in [0.25, 0.3) is 0 Å². The van der Waals surface area contributed by atoms with E-state index >= 15 is 0 Å². The lowest BCUT2D eigenvalue weighted by Crippen LogP contribution is -2.37. The highest BCUT2D eigenvalue weighted by Crippen LogP contribution is 2.27. The Balaban J connectivity index is 2.16. The van der Waals surface area contributed by atoms with Gasteiger partial charge in [0, 0.05) is 29.8 Å². The van der Waals surface area contributed by atoms with Crippen LogP contribution in [0.3, 0.4) is 0 Å². The molecule has 0 saturated carbocycles. The number of thioether (sulfide) groups is 1. The van der Waals surface area contributed by atoms with Gasteiger partial charge in [-0.1, -0.05) is 6.92 Å². The molecule has 1 unspecified atom stereocenters. The highest BCUT2D eigenvalue weighted by atomic mass is 32.2. The zero-order valence-corrected chi connectivity index (χ0v) is 11.7. The van der Waals surface area contributed by atoms with Gasteiger partial charge in [-0.05, 0) is 43.1 Å². The Morgan fingerprint density at radius 3 is 3.00 bits per heavy atom. The standard InChI is InChI=1S/C14H21FN2S/c1-2-14-10-17(5-6-18-14)13-8-11(3-4-16)7-12(15)9-13/h7-9,14H,2-6,10,16H2,1H3. The molecule has 1 fully saturated rings. The van der Waals surface area contributed by atoms with Crippen LogP contribution in [-0.4, -0.2) is 30.6 Å². The molecule has 1 saturated heterocycles. The fourth-order valence-corrected chi connectivity index (χ4v) is 3.51. The maximum atomic E-state index is 13.6. The van der Waals surface area contributed by atoms with Gasteiger partial charge in [-0.3, -0.25) is 0 Å². The molecule has 100 valence electrons. The van der Waals surface area contributed by atoms with Crippen LogP contribution in [0.1, 0.15) is 18.9 Å². The average molecular weight is 268 g/mol. The highest BCUT2D eigenvalue weighted by Gasteiger charge is 2.19. The molecule has 0 amide bonds. The van der Waals surface area contributed by atoms with Gasteiger partial charge in [-0.2, -0.15) is 11.8 Å². The Labute approximate surface area is 113 Å². The van der Waals surface area contributed by atoms with E-state index < -0.39 is 0 Å². The van der Waals surface area contributed by atoms with Gasteiger partial charge < -0.3 is 10.6 Å². The Bertz CT molecular complexity index is 397. The number of hydrogen-bond donors (Lipinski definition) is 1. The zero-order chi connectivity index (χ0) is 13.0. The SMILES string of the molecule is CCC1CN(c2cc(F)cc(CCN)c2)CCS1. The summed E-state index contributed by atoms with van der Waals surface area (Å²) in [6.07, 6.45) is 1.91. The number of benzene rings is 1. The van der Waals surface area contributed by atoms with Crippen LogP contribution in [0.5, 0.6) is 0 Å². The van der Waals surface area contributed by atoms with Crippen LogP contribution >= 0.6 is 11.8 Å². The van der Waals surface area contributed by atoms with E-state index in [2.05, 4.69) is 17.9 Å². The smallest absolute Gasteiger partial charge is 0.125 e. The van der Waals surface area contributed by atoms with Crippen molar-refractivity contribution >= 4 is 17.4 Å². The average Bonchev–Trinajstić information content (AvgIpc) is 2.38. The molecule has 2 nitrogen and oxygen atoms in total. The summed E-state index contributed by atoms with van der Waals surface area (Å²) in [7, 11) is 0. The molecular formula is C14H21FN2S. The van der Waals surface area contributed by atoms with E-state index in [4.69, 9.17) is 5.73 Å². The van der Waals surface area contributed by atoms with Crippen molar-refractivity contribution in [3.8, 4) is 0 Å². The van der Waals surface area contributed by atoms with Crippen molar-refractivity contribution in [2.45, 2.75) is 25.0 Å². The van der Waals surface area contributed by atoms with Crippen LogP contribution in [0, 0.1) is 5.82 Å². The summed E-state index contributed by atoms with van der Waals surface area (Å²) in [6.45, 7) is 4.81. The first-order chi connectivity index (χ1) is 8.72. The molecule has 4 heteroatoms. The van der Waals surface area contributed by atoms with Crippen LogP contribution in [-0.2, 0) is 6.42 Å². The van der Waals surface area contributed by atoms with E-state index in [1.807, 2.05) is 11.8 Å². The van der Waals surface area contributed by atoms with E-state index in [0.717, 1.165) is 36.5 Å². The van der Waals surface area contributed by atoms with Gasteiger partial charge in [0.25, 0.3) is 0 Å². The predicted molar refractivity (Wildman–Crippen MR) is 77.9 cm³/mol. The predicted octanol–water partition coefficient (Wildman–Crippen LogP) is 2.66. The van der Waals surface area contributed by atoms with Gasteiger partial charge in [0.15, 0.2) is 0 Å². The lowest BCUT2D eigenvalue weighted by atomic mass is 10.1. The third kappa shape index (κ3) is 3.39. The Kier molecular flexibility index (Phi) is 4.89. The summed E-state index contributed by atoms with van der Waals surface area (Å²) in [5.41, 5.74) is 7.55. The molecule has 2 rings (SSSR count). The number of rotatable bonds is 4. The van der Waals surface area contributed by atoms with Crippen molar-refractivity contribution in [1.29, 1.82) is 0 Å². The van der Waals surface area contributed by atoms with Crippen molar-refractivity contribution in [1.82, 2.24) is 0 Å². The van der Waals surface area contributed by atoms with Gasteiger partial charge >= 0.3 is 0 Å². The molecule has 0 spiro atoms. The first-order valence-corrected chi connectivity index (χ1v) is 7.64. The third-order valence-corrected chi connectivity index (χ3v) is 4.71. The molecular weight excluding hydrogens is 247 g/mol. The Morgan fingerprint density at radius 1 is 1.44 bits per heavy atom. The summed E-state index contributed by atoms with van der Waals surface area (Å²) in [6, 6.07) is 5.31. The molecule has 18 heavy (non-hydrogen) atoms. The number of hydrogen-bond acceptors (Lipinski definition) is 3. The molecule has 0 radical (unpaired) electrons. The fraction of sp³-hybridized carbons (Fsp3) is 0.571. The molecule has 1 aromatic carbocycles. The minimum atomic E-state index is -0.151. The summed E-state index contributed by atoms with van der Waals surface area (Å²) in [5.74, 6) is 0.976. The summed E-state index contributed by atoms with van der Waals surface area (Å²) in [4.78, 5) is 2.30. The second-order valence-electron chi connectivity index (χ2n) is 4.70. The van der Waals surface area contributed by atoms with E-state index in [1.54, 1.807) is 12.1 Å². The van der Waals surface area contributed by atoms with Crippen molar-refractivity contribution in [2.24, 2.45) is 5.73 Å². The molecule has 1 aliphatic rings. The molecule has 1 atom stereocenters. The minimum absolute atomic E-state index is 0.151. The van der Waals surface area contributed by atoms with Gasteiger partial charge in [-0.25, -0.2) is 4.39 Å². The quantitative estimate of drug-likeness (QED) is 0.910. The second kappa shape index (κ2) is 6.43. The van der Waals surface area contributed by atoms with Gasteiger partial charge in [0.1, 0.15) is 5.82 Å². The molecule has 0 aromatic heterocycles. The molecule has 1 aliphatic heterocycles. The van der Waals surface area contributed by atoms with Gasteiger partial charge in [0.05, 0.1) is 0 Å². The lowest BCUT2D eigenvalue weighted by Gasteiger charge is -2.34. The normalized spacial score (nSPS) is 20.2. The summed E-state index contributed by atoms with van der Waals surface area (Å²) < 4.78 is 13.6. The first-order valence-electron chi connectivity index (χ1n) is 6.59. The van der Waals surface area contributed by atoms with Crippen LogP contribution < -0.4 is 10.6 Å². The maximum absolute atomic E-state index is 13.6. The van der Waals surface area contributed by atoms with Crippen LogP contribution in [0.15, 0.2) is 18.2 Å². The van der Waals surface area contributed by atoms with E-state index in [9.17, 15) is 4.39 Å². The van der Waals surface area contributed by atoms with Crippen molar-refractivity contribution in [3.63, 3.8) is 0 Å². The molecule has 1 aromatic rings. The lowest BCUT2D eigenvalue weighted by molar-refractivity contribution is 0.623. The fourth-order valence-electron chi connectivity index (χ4n) is 2.33. The summed E-state index contributed by atoms with van der Waals surface area (Å²) in [5, 5.41) is 0.667. The number of anilines is 1. The van der Waals surface area contributed by atoms with Gasteiger partial charge in [-0.15, -0.1) is 0 Å². The number of nitrogens with two attached hydrogens (primary N) is 1. The Hall–Kier alpha value is -0.740. The maximum Gasteiger partial charge on any atom is 0.125 e. The number of nitrogens with zero attached hydrogens (tertiary/aromatic N) is 1. The van der Waals surface area contributed by atoms with Crippen molar-refractivity contribution in [3.05, 3.63) is 29.6 Å². The first kappa shape index (κ1) is 13.7. The van der Waals surface area contributed by atoms with Crippen molar-refractivity contribution < 1.29 is 4.39 Å². The van der Waals surface area contributed by atoms with Crippen molar-refractivity contribution in [2.75, 3.05) is 30.3 Å². The van der Waals surface area contributed by atoms with E-state index in [0.29, 0.717) is 11.8 Å². The van der Waals surface area contributed by atoms with E-state index in [1.165, 1.54) is 6.42 Å². The Morgan fingerprint density at radius 2 is 2.28 bits per heavy atom. The minimum Gasteiger partial charge on any atom is -0.370 e. The molecule has 0 bridgehead atoms. The molecule has 0 aliphatic carbocycles. The third-order valence-electron chi connectivity index (χ3n) is 3.33. The zero-order valence-electron chi connectivity index (χ0n) is 10.9. The molecule has 2 N–H and O–H groups in total. The van der Waals surface area contributed by atoms with Gasteiger partial charge in [0.2, 0.25) is 0 Å².